The highest BCUT2D eigenvalue weighted by Gasteiger charge is 2.47. The summed E-state index contributed by atoms with van der Waals surface area (Å²) in [4.78, 5) is 22.4. The number of carbonyl (C=O) groups excluding carboxylic acids is 1. The van der Waals surface area contributed by atoms with E-state index in [1.54, 1.807) is 0 Å². The van der Waals surface area contributed by atoms with E-state index in [1.165, 1.54) is 39.0 Å². The average Bonchev–Trinajstić information content (AvgIpc) is 3.10. The number of hydrogen-bond donors (Lipinski definition) is 2. The van der Waals surface area contributed by atoms with Crippen LogP contribution in [0.5, 0.6) is 0 Å². The van der Waals surface area contributed by atoms with Gasteiger partial charge < -0.3 is 10.4 Å². The highest BCUT2D eigenvalue weighted by atomic mass is 16.4. The Kier molecular flexibility index (Phi) is 3.69. The van der Waals surface area contributed by atoms with Crippen LogP contribution in [0, 0.1) is 17.8 Å². The molecule has 4 heteroatoms. The van der Waals surface area contributed by atoms with E-state index >= 15 is 0 Å². The van der Waals surface area contributed by atoms with Crippen molar-refractivity contribution in [3.05, 3.63) is 0 Å². The number of nitrogens with one attached hydrogen (secondary N) is 1. The van der Waals surface area contributed by atoms with Crippen LogP contribution in [-0.2, 0) is 9.59 Å². The number of carbonyl (C=O) groups is 2. The van der Waals surface area contributed by atoms with Crippen molar-refractivity contribution < 1.29 is 14.7 Å². The molecule has 17 heavy (non-hydrogen) atoms. The first-order valence-corrected chi connectivity index (χ1v) is 6.62. The maximum atomic E-state index is 11.8. The van der Waals surface area contributed by atoms with Crippen molar-refractivity contribution in [2.45, 2.75) is 51.5 Å². The molecule has 0 saturated heterocycles. The monoisotopic (exact) mass is 239 g/mol. The Balaban J connectivity index is 1.77. The number of carboxylic acids is 1. The van der Waals surface area contributed by atoms with Gasteiger partial charge in [-0.3, -0.25) is 9.59 Å². The zero-order valence-corrected chi connectivity index (χ0v) is 10.3. The summed E-state index contributed by atoms with van der Waals surface area (Å²) >= 11 is 0. The molecule has 0 bridgehead atoms. The van der Waals surface area contributed by atoms with Gasteiger partial charge in [-0.25, -0.2) is 0 Å². The van der Waals surface area contributed by atoms with Crippen LogP contribution in [0.1, 0.15) is 45.4 Å². The molecule has 1 amide bonds. The lowest BCUT2D eigenvalue weighted by atomic mass is 9.85. The van der Waals surface area contributed by atoms with Crippen LogP contribution < -0.4 is 5.32 Å². The second-order valence-electron chi connectivity index (χ2n) is 5.47. The fourth-order valence-corrected chi connectivity index (χ4v) is 2.98. The molecule has 0 aromatic carbocycles. The van der Waals surface area contributed by atoms with E-state index < -0.39 is 12.0 Å². The SMILES string of the molecule is C[C@H](NC(=O)C1CC1C1CCCCC1)C(=O)O. The largest absolute Gasteiger partial charge is 0.480 e. The van der Waals surface area contributed by atoms with E-state index in [1.807, 2.05) is 0 Å². The lowest BCUT2D eigenvalue weighted by Crippen LogP contribution is -2.39. The van der Waals surface area contributed by atoms with Crippen LogP contribution >= 0.6 is 0 Å². The van der Waals surface area contributed by atoms with Gasteiger partial charge in [-0.15, -0.1) is 0 Å². The number of carboxylic acid groups (broad SMARTS) is 1. The Morgan fingerprint density at radius 3 is 2.47 bits per heavy atom. The molecule has 2 N–H and O–H groups in total. The van der Waals surface area contributed by atoms with E-state index in [-0.39, 0.29) is 11.8 Å². The van der Waals surface area contributed by atoms with Gasteiger partial charge in [-0.2, -0.15) is 0 Å². The Labute approximate surface area is 102 Å². The van der Waals surface area contributed by atoms with Crippen molar-refractivity contribution in [2.24, 2.45) is 17.8 Å². The lowest BCUT2D eigenvalue weighted by Gasteiger charge is -2.21. The Morgan fingerprint density at radius 1 is 1.24 bits per heavy atom. The second kappa shape index (κ2) is 5.07. The van der Waals surface area contributed by atoms with Gasteiger partial charge in [0, 0.05) is 5.92 Å². The van der Waals surface area contributed by atoms with Crippen molar-refractivity contribution in [2.75, 3.05) is 0 Å². The summed E-state index contributed by atoms with van der Waals surface area (Å²) in [6.45, 7) is 1.51. The molecular weight excluding hydrogens is 218 g/mol. The third kappa shape index (κ3) is 2.99. The summed E-state index contributed by atoms with van der Waals surface area (Å²) in [5, 5.41) is 11.3. The van der Waals surface area contributed by atoms with E-state index in [0.717, 1.165) is 6.42 Å². The van der Waals surface area contributed by atoms with Gasteiger partial charge in [0.05, 0.1) is 0 Å². The first kappa shape index (κ1) is 12.4. The molecule has 0 aromatic heterocycles. The molecule has 4 nitrogen and oxygen atoms in total. The van der Waals surface area contributed by atoms with Crippen LogP contribution in [0.4, 0.5) is 0 Å². The number of rotatable bonds is 4. The summed E-state index contributed by atoms with van der Waals surface area (Å²) < 4.78 is 0. The van der Waals surface area contributed by atoms with Crippen LogP contribution in [0.15, 0.2) is 0 Å². The van der Waals surface area contributed by atoms with Gasteiger partial charge in [-0.05, 0) is 25.2 Å². The van der Waals surface area contributed by atoms with Crippen molar-refractivity contribution >= 4 is 11.9 Å². The molecule has 2 aliphatic carbocycles. The molecule has 0 aromatic rings. The fourth-order valence-electron chi connectivity index (χ4n) is 2.98. The second-order valence-corrected chi connectivity index (χ2v) is 5.47. The molecule has 0 spiro atoms. The molecule has 0 heterocycles. The minimum Gasteiger partial charge on any atom is -0.480 e. The van der Waals surface area contributed by atoms with E-state index in [0.29, 0.717) is 11.8 Å². The van der Waals surface area contributed by atoms with E-state index in [4.69, 9.17) is 5.11 Å². The highest BCUT2D eigenvalue weighted by Crippen LogP contribution is 2.49. The van der Waals surface area contributed by atoms with Gasteiger partial charge in [0.25, 0.3) is 0 Å². The van der Waals surface area contributed by atoms with Crippen LogP contribution in [0.2, 0.25) is 0 Å². The molecule has 0 aliphatic heterocycles. The molecule has 3 atom stereocenters. The van der Waals surface area contributed by atoms with Gasteiger partial charge in [0.2, 0.25) is 5.91 Å². The van der Waals surface area contributed by atoms with Gasteiger partial charge in [-0.1, -0.05) is 32.1 Å². The summed E-state index contributed by atoms with van der Waals surface area (Å²) in [6.07, 6.45) is 7.38. The molecule has 2 unspecified atom stereocenters. The van der Waals surface area contributed by atoms with E-state index in [9.17, 15) is 9.59 Å². The molecule has 2 saturated carbocycles. The molecule has 2 fully saturated rings. The van der Waals surface area contributed by atoms with Gasteiger partial charge in [0.15, 0.2) is 0 Å². The van der Waals surface area contributed by atoms with Crippen molar-refractivity contribution in [1.82, 2.24) is 5.32 Å². The van der Waals surface area contributed by atoms with Crippen LogP contribution in [0.3, 0.4) is 0 Å². The maximum Gasteiger partial charge on any atom is 0.325 e. The summed E-state index contributed by atoms with van der Waals surface area (Å²) in [7, 11) is 0. The minimum absolute atomic E-state index is 0.0597. The topological polar surface area (TPSA) is 66.4 Å². The third-order valence-corrected chi connectivity index (χ3v) is 4.16. The molecule has 2 rings (SSSR count). The summed E-state index contributed by atoms with van der Waals surface area (Å²) in [5.41, 5.74) is 0. The average molecular weight is 239 g/mol. The molecule has 96 valence electrons. The Morgan fingerprint density at radius 2 is 1.88 bits per heavy atom. The maximum absolute atomic E-state index is 11.8. The van der Waals surface area contributed by atoms with Crippen molar-refractivity contribution in [3.63, 3.8) is 0 Å². The standard InChI is InChI=1S/C13H21NO3/c1-8(13(16)17)14-12(15)11-7-10(11)9-5-3-2-4-6-9/h8-11H,2-7H2,1H3,(H,14,15)(H,16,17)/t8-,10?,11?/m0/s1. The summed E-state index contributed by atoms with van der Waals surface area (Å²) in [6, 6.07) is -0.768. The predicted molar refractivity (Wildman–Crippen MR) is 63.4 cm³/mol. The first-order valence-electron chi connectivity index (χ1n) is 6.62. The molecule has 2 aliphatic rings. The molecular formula is C13H21NO3. The first-order chi connectivity index (χ1) is 8.09. The minimum atomic E-state index is -0.965. The number of amides is 1. The van der Waals surface area contributed by atoms with Crippen molar-refractivity contribution in [1.29, 1.82) is 0 Å². The Hall–Kier alpha value is -1.06. The lowest BCUT2D eigenvalue weighted by molar-refractivity contribution is -0.141. The highest BCUT2D eigenvalue weighted by molar-refractivity contribution is 5.86. The van der Waals surface area contributed by atoms with Crippen LogP contribution in [0.25, 0.3) is 0 Å². The van der Waals surface area contributed by atoms with Gasteiger partial charge in [0.1, 0.15) is 6.04 Å². The zero-order valence-electron chi connectivity index (χ0n) is 10.3. The fraction of sp³-hybridized carbons (Fsp3) is 0.846. The predicted octanol–water partition coefficient (Wildman–Crippen LogP) is 1.79. The zero-order chi connectivity index (χ0) is 12.4. The van der Waals surface area contributed by atoms with Crippen molar-refractivity contribution in [3.8, 4) is 0 Å². The number of aliphatic carboxylic acids is 1. The Bertz CT molecular complexity index is 310. The molecule has 0 radical (unpaired) electrons. The smallest absolute Gasteiger partial charge is 0.325 e. The van der Waals surface area contributed by atoms with Gasteiger partial charge >= 0.3 is 5.97 Å². The summed E-state index contributed by atoms with van der Waals surface area (Å²) in [5.74, 6) is 0.291. The quantitative estimate of drug-likeness (QED) is 0.786. The number of hydrogen-bond acceptors (Lipinski definition) is 2. The van der Waals surface area contributed by atoms with Crippen LogP contribution in [-0.4, -0.2) is 23.0 Å². The third-order valence-electron chi connectivity index (χ3n) is 4.16. The van der Waals surface area contributed by atoms with E-state index in [2.05, 4.69) is 5.32 Å². The normalized spacial score (nSPS) is 30.6.